The Morgan fingerprint density at radius 1 is 1.05 bits per heavy atom. The molecule has 2 unspecified atom stereocenters. The molecule has 0 heterocycles. The highest BCUT2D eigenvalue weighted by molar-refractivity contribution is 7.97. The highest BCUT2D eigenvalue weighted by atomic mass is 32.2. The van der Waals surface area contributed by atoms with E-state index in [0.29, 0.717) is 5.92 Å². The fraction of sp³-hybridized carbons (Fsp3) is 0.941. The average Bonchev–Trinajstić information content (AvgIpc) is 2.10. The molecule has 0 rings (SSSR count). The Bertz CT molecular complexity index is 407. The summed E-state index contributed by atoms with van der Waals surface area (Å²) >= 11 is 0. The van der Waals surface area contributed by atoms with E-state index in [4.69, 9.17) is 0 Å². The molecule has 2 atom stereocenters. The molecule has 0 aliphatic rings. The Kier molecular flexibility index (Phi) is 5.99. The van der Waals surface area contributed by atoms with Gasteiger partial charge >= 0.3 is 0 Å². The molecule has 0 spiro atoms. The summed E-state index contributed by atoms with van der Waals surface area (Å²) in [7, 11) is -2.17. The predicted molar refractivity (Wildman–Crippen MR) is 94.7 cm³/mol. The Morgan fingerprint density at radius 3 is 1.70 bits per heavy atom. The lowest BCUT2D eigenvalue weighted by molar-refractivity contribution is 0.0832. The third-order valence-corrected chi connectivity index (χ3v) is 6.31. The zero-order chi connectivity index (χ0) is 16.6. The van der Waals surface area contributed by atoms with E-state index in [0.717, 1.165) is 13.0 Å². The molecule has 0 aromatic heterocycles. The van der Waals surface area contributed by atoms with E-state index in [1.165, 1.54) is 0 Å². The molecule has 0 aliphatic heterocycles. The van der Waals surface area contributed by atoms with Gasteiger partial charge in [0, 0.05) is 28.0 Å². The monoisotopic (exact) mass is 303 g/mol. The molecule has 20 heavy (non-hydrogen) atoms. The van der Waals surface area contributed by atoms with Crippen molar-refractivity contribution >= 4 is 15.6 Å². The second-order valence-corrected chi connectivity index (χ2v) is 11.4. The number of nitrogens with zero attached hydrogens (tertiary/aromatic N) is 1. The van der Waals surface area contributed by atoms with Gasteiger partial charge in [-0.15, -0.1) is 0 Å². The highest BCUT2D eigenvalue weighted by Crippen LogP contribution is 2.42. The third kappa shape index (κ3) is 5.77. The molecular weight excluding hydrogens is 266 g/mol. The van der Waals surface area contributed by atoms with E-state index >= 15 is 0 Å². The van der Waals surface area contributed by atoms with Crippen LogP contribution in [0.25, 0.3) is 0 Å². The first kappa shape index (κ1) is 20.0. The SMILES string of the molecule is C=S(C)(=O)N(CCC(C)(C)C(C)C(C)(C)C)C(C)(C)C. The van der Waals surface area contributed by atoms with Gasteiger partial charge in [-0.2, -0.15) is 0 Å². The highest BCUT2D eigenvalue weighted by Gasteiger charge is 2.36. The van der Waals surface area contributed by atoms with E-state index in [9.17, 15) is 4.21 Å². The van der Waals surface area contributed by atoms with Crippen molar-refractivity contribution in [3.05, 3.63) is 0 Å². The Morgan fingerprint density at radius 2 is 1.45 bits per heavy atom. The lowest BCUT2D eigenvalue weighted by Gasteiger charge is -2.43. The second kappa shape index (κ2) is 6.00. The van der Waals surface area contributed by atoms with Gasteiger partial charge in [-0.25, -0.2) is 4.31 Å². The lowest BCUT2D eigenvalue weighted by atomic mass is 9.65. The zero-order valence-corrected chi connectivity index (χ0v) is 16.3. The van der Waals surface area contributed by atoms with Gasteiger partial charge in [0.1, 0.15) is 0 Å². The molecular formula is C17H37NOS. The summed E-state index contributed by atoms with van der Waals surface area (Å²) in [4.78, 5) is 0. The van der Waals surface area contributed by atoms with Gasteiger partial charge in [0.25, 0.3) is 0 Å². The Hall–Kier alpha value is -0.0200. The minimum Gasteiger partial charge on any atom is -0.253 e. The van der Waals surface area contributed by atoms with Crippen LogP contribution in [0.3, 0.4) is 0 Å². The topological polar surface area (TPSA) is 20.3 Å². The summed E-state index contributed by atoms with van der Waals surface area (Å²) in [5.74, 6) is 4.48. The molecule has 0 aromatic rings. The summed E-state index contributed by atoms with van der Waals surface area (Å²) in [5.41, 5.74) is 0.384. The quantitative estimate of drug-likeness (QED) is 0.687. The maximum Gasteiger partial charge on any atom is 0.0250 e. The second-order valence-electron chi connectivity index (χ2n) is 9.06. The first-order valence-electron chi connectivity index (χ1n) is 7.59. The fourth-order valence-corrected chi connectivity index (χ4v) is 4.52. The molecule has 0 N–H and O–H groups in total. The van der Waals surface area contributed by atoms with Crippen molar-refractivity contribution in [2.24, 2.45) is 16.7 Å². The van der Waals surface area contributed by atoms with Crippen molar-refractivity contribution in [1.82, 2.24) is 4.31 Å². The van der Waals surface area contributed by atoms with E-state index in [1.807, 2.05) is 0 Å². The molecule has 0 aromatic carbocycles. The van der Waals surface area contributed by atoms with Crippen LogP contribution in [0.15, 0.2) is 0 Å². The molecule has 0 bridgehead atoms. The molecule has 2 nitrogen and oxygen atoms in total. The summed E-state index contributed by atoms with van der Waals surface area (Å²) in [6, 6.07) is 0. The summed E-state index contributed by atoms with van der Waals surface area (Å²) < 4.78 is 14.5. The molecule has 0 saturated carbocycles. The first-order chi connectivity index (χ1) is 8.49. The molecule has 0 saturated heterocycles. The van der Waals surface area contributed by atoms with Crippen molar-refractivity contribution in [3.63, 3.8) is 0 Å². The van der Waals surface area contributed by atoms with Crippen LogP contribution >= 0.6 is 0 Å². The predicted octanol–water partition coefficient (Wildman–Crippen LogP) is 4.45. The van der Waals surface area contributed by atoms with Crippen LogP contribution < -0.4 is 0 Å². The summed E-state index contributed by atoms with van der Waals surface area (Å²) in [5, 5.41) is 0. The zero-order valence-electron chi connectivity index (χ0n) is 15.5. The minimum atomic E-state index is -2.17. The van der Waals surface area contributed by atoms with Gasteiger partial charge in [-0.3, -0.25) is 4.21 Å². The molecule has 0 amide bonds. The van der Waals surface area contributed by atoms with Crippen LogP contribution in [-0.4, -0.2) is 32.7 Å². The van der Waals surface area contributed by atoms with Gasteiger partial charge < -0.3 is 0 Å². The normalized spacial score (nSPS) is 18.9. The van der Waals surface area contributed by atoms with Crippen LogP contribution in [0.5, 0.6) is 0 Å². The summed E-state index contributed by atoms with van der Waals surface area (Å²) in [6.45, 7) is 21.0. The Balaban J connectivity index is 5.07. The maximum absolute atomic E-state index is 12.4. The number of hydrogen-bond acceptors (Lipinski definition) is 1. The molecule has 3 heteroatoms. The van der Waals surface area contributed by atoms with Gasteiger partial charge in [0.05, 0.1) is 0 Å². The van der Waals surface area contributed by atoms with E-state index in [2.05, 4.69) is 72.5 Å². The van der Waals surface area contributed by atoms with E-state index < -0.39 is 9.71 Å². The van der Waals surface area contributed by atoms with Crippen molar-refractivity contribution in [2.75, 3.05) is 12.8 Å². The fourth-order valence-electron chi connectivity index (χ4n) is 2.89. The largest absolute Gasteiger partial charge is 0.253 e. The molecule has 0 radical (unpaired) electrons. The van der Waals surface area contributed by atoms with Crippen LogP contribution in [0.4, 0.5) is 0 Å². The van der Waals surface area contributed by atoms with Crippen molar-refractivity contribution in [2.45, 2.75) is 74.3 Å². The van der Waals surface area contributed by atoms with Crippen LogP contribution in [-0.2, 0) is 9.71 Å². The Labute approximate surface area is 128 Å². The number of hydrogen-bond donors (Lipinski definition) is 0. The number of rotatable bonds is 5. The van der Waals surface area contributed by atoms with E-state index in [-0.39, 0.29) is 16.4 Å². The van der Waals surface area contributed by atoms with Gasteiger partial charge in [-0.1, -0.05) is 41.5 Å². The molecule has 122 valence electrons. The van der Waals surface area contributed by atoms with Crippen molar-refractivity contribution in [1.29, 1.82) is 0 Å². The summed E-state index contributed by atoms with van der Waals surface area (Å²) in [6.07, 6.45) is 2.78. The van der Waals surface area contributed by atoms with Crippen LogP contribution in [0.2, 0.25) is 0 Å². The van der Waals surface area contributed by atoms with Gasteiger partial charge in [0.2, 0.25) is 0 Å². The third-order valence-electron chi connectivity index (χ3n) is 4.64. The lowest BCUT2D eigenvalue weighted by Crippen LogP contribution is -2.47. The minimum absolute atomic E-state index is 0.116. The molecule has 0 fully saturated rings. The smallest absolute Gasteiger partial charge is 0.0250 e. The van der Waals surface area contributed by atoms with Crippen molar-refractivity contribution < 1.29 is 4.21 Å². The van der Waals surface area contributed by atoms with Gasteiger partial charge in [-0.05, 0) is 49.8 Å². The van der Waals surface area contributed by atoms with E-state index in [1.54, 1.807) is 6.26 Å². The molecule has 0 aliphatic carbocycles. The maximum atomic E-state index is 12.4. The van der Waals surface area contributed by atoms with Crippen molar-refractivity contribution in [3.8, 4) is 0 Å². The standard InChI is InChI=1S/C17H37NOS/c1-14(15(2,3)4)17(8,9)12-13-18(16(5,6)7)20(10,11)19/h14H,10,12-13H2,1-9,11H3. The first-order valence-corrected chi connectivity index (χ1v) is 9.69. The van der Waals surface area contributed by atoms with Crippen LogP contribution in [0.1, 0.15) is 68.7 Å². The van der Waals surface area contributed by atoms with Crippen LogP contribution in [0, 0.1) is 16.7 Å². The van der Waals surface area contributed by atoms with Gasteiger partial charge in [0.15, 0.2) is 0 Å². The average molecular weight is 304 g/mol.